The zero-order valence-electron chi connectivity index (χ0n) is 15.9. The van der Waals surface area contributed by atoms with E-state index in [4.69, 9.17) is 4.74 Å². The van der Waals surface area contributed by atoms with Gasteiger partial charge < -0.3 is 15.0 Å². The van der Waals surface area contributed by atoms with Crippen molar-refractivity contribution >= 4 is 15.7 Å². The summed E-state index contributed by atoms with van der Waals surface area (Å²) < 4.78 is 32.6. The van der Waals surface area contributed by atoms with Crippen LogP contribution in [0.5, 0.6) is 5.75 Å². The van der Waals surface area contributed by atoms with E-state index in [1.807, 2.05) is 43.3 Å². The summed E-state index contributed by atoms with van der Waals surface area (Å²) in [7, 11) is -1.80. The molecule has 2 aromatic carbocycles. The minimum Gasteiger partial charge on any atom is -0.497 e. The van der Waals surface area contributed by atoms with Crippen LogP contribution in [0.2, 0.25) is 0 Å². The van der Waals surface area contributed by atoms with Crippen LogP contribution >= 0.6 is 0 Å². The second-order valence-corrected chi connectivity index (χ2v) is 8.45. The molecule has 1 fully saturated rings. The van der Waals surface area contributed by atoms with Crippen LogP contribution in [0.4, 0.5) is 5.69 Å². The lowest BCUT2D eigenvalue weighted by atomic mass is 10.2. The van der Waals surface area contributed by atoms with E-state index in [9.17, 15) is 8.42 Å². The molecule has 0 unspecified atom stereocenters. The number of benzene rings is 2. The fourth-order valence-corrected chi connectivity index (χ4v) is 4.60. The van der Waals surface area contributed by atoms with Gasteiger partial charge in [-0.3, -0.25) is 0 Å². The topological polar surface area (TPSA) is 61.9 Å². The lowest BCUT2D eigenvalue weighted by Gasteiger charge is -2.35. The second-order valence-electron chi connectivity index (χ2n) is 6.51. The molecule has 7 heteroatoms. The lowest BCUT2D eigenvalue weighted by molar-refractivity contribution is 0.384. The molecule has 146 valence electrons. The molecular weight excluding hydrogens is 362 g/mol. The van der Waals surface area contributed by atoms with E-state index in [1.165, 1.54) is 0 Å². The van der Waals surface area contributed by atoms with Crippen LogP contribution in [0.3, 0.4) is 0 Å². The van der Waals surface area contributed by atoms with Crippen molar-refractivity contribution in [1.82, 2.24) is 9.62 Å². The molecule has 27 heavy (non-hydrogen) atoms. The fourth-order valence-electron chi connectivity index (χ4n) is 3.18. The maximum atomic E-state index is 12.9. The number of sulfonamides is 1. The summed E-state index contributed by atoms with van der Waals surface area (Å²) in [5.74, 6) is 0.817. The molecule has 2 aromatic rings. The summed E-state index contributed by atoms with van der Waals surface area (Å²) in [6.45, 7) is 5.98. The molecule has 0 radical (unpaired) electrons. The average molecular weight is 390 g/mol. The molecule has 0 bridgehead atoms. The Hall–Kier alpha value is -2.09. The minimum atomic E-state index is -3.45. The molecule has 1 heterocycles. The van der Waals surface area contributed by atoms with Gasteiger partial charge >= 0.3 is 0 Å². The largest absolute Gasteiger partial charge is 0.497 e. The molecule has 1 saturated heterocycles. The smallest absolute Gasteiger partial charge is 0.243 e. The highest BCUT2D eigenvalue weighted by Gasteiger charge is 2.28. The summed E-state index contributed by atoms with van der Waals surface area (Å²) in [6.07, 6.45) is 0. The Bertz CT molecular complexity index is 828. The van der Waals surface area contributed by atoms with Crippen LogP contribution < -0.4 is 15.0 Å². The summed E-state index contributed by atoms with van der Waals surface area (Å²) in [6, 6.07) is 15.0. The van der Waals surface area contributed by atoms with Gasteiger partial charge in [0.15, 0.2) is 0 Å². The van der Waals surface area contributed by atoms with Gasteiger partial charge in [0.2, 0.25) is 10.0 Å². The van der Waals surface area contributed by atoms with Crippen LogP contribution in [-0.4, -0.2) is 52.6 Å². The Balaban J connectivity index is 1.63. The molecule has 0 atom stereocenters. The van der Waals surface area contributed by atoms with Gasteiger partial charge in [-0.25, -0.2) is 8.42 Å². The number of hydrogen-bond donors (Lipinski definition) is 1. The van der Waals surface area contributed by atoms with Crippen LogP contribution in [0.15, 0.2) is 53.4 Å². The van der Waals surface area contributed by atoms with E-state index in [0.29, 0.717) is 31.1 Å². The van der Waals surface area contributed by atoms with Crippen molar-refractivity contribution < 1.29 is 13.2 Å². The number of methoxy groups -OCH3 is 1. The van der Waals surface area contributed by atoms with Gasteiger partial charge in [0.25, 0.3) is 0 Å². The molecule has 1 aliphatic rings. The number of ether oxygens (including phenoxy) is 1. The second kappa shape index (κ2) is 8.73. The van der Waals surface area contributed by atoms with E-state index in [2.05, 4.69) is 10.2 Å². The predicted molar refractivity (Wildman–Crippen MR) is 108 cm³/mol. The number of piperazine rings is 1. The Kier molecular flexibility index (Phi) is 6.36. The first kappa shape index (κ1) is 19.7. The first-order valence-electron chi connectivity index (χ1n) is 9.23. The highest BCUT2D eigenvalue weighted by molar-refractivity contribution is 7.89. The first-order chi connectivity index (χ1) is 13.0. The van der Waals surface area contributed by atoms with Crippen LogP contribution in [0, 0.1) is 0 Å². The number of anilines is 1. The van der Waals surface area contributed by atoms with Crippen molar-refractivity contribution in [3.8, 4) is 5.75 Å². The van der Waals surface area contributed by atoms with E-state index >= 15 is 0 Å². The molecule has 1 N–H and O–H groups in total. The Morgan fingerprint density at radius 1 is 0.963 bits per heavy atom. The number of nitrogens with zero attached hydrogens (tertiary/aromatic N) is 2. The monoisotopic (exact) mass is 389 g/mol. The fraction of sp³-hybridized carbons (Fsp3) is 0.400. The summed E-state index contributed by atoms with van der Waals surface area (Å²) in [4.78, 5) is 2.56. The minimum absolute atomic E-state index is 0.362. The van der Waals surface area contributed by atoms with Gasteiger partial charge in [0.05, 0.1) is 12.0 Å². The van der Waals surface area contributed by atoms with Gasteiger partial charge in [-0.15, -0.1) is 0 Å². The van der Waals surface area contributed by atoms with Crippen molar-refractivity contribution in [3.63, 3.8) is 0 Å². The van der Waals surface area contributed by atoms with Gasteiger partial charge in [0, 0.05) is 38.4 Å². The summed E-state index contributed by atoms with van der Waals surface area (Å²) in [5.41, 5.74) is 2.17. The Morgan fingerprint density at radius 3 is 2.15 bits per heavy atom. The molecule has 3 rings (SSSR count). The summed E-state index contributed by atoms with van der Waals surface area (Å²) in [5, 5.41) is 3.24. The van der Waals surface area contributed by atoms with E-state index < -0.39 is 10.0 Å². The number of nitrogens with one attached hydrogen (secondary N) is 1. The highest BCUT2D eigenvalue weighted by atomic mass is 32.2. The third-order valence-electron chi connectivity index (χ3n) is 4.82. The van der Waals surface area contributed by atoms with Crippen molar-refractivity contribution in [2.75, 3.05) is 44.7 Å². The van der Waals surface area contributed by atoms with Crippen LogP contribution in [0.25, 0.3) is 0 Å². The summed E-state index contributed by atoms with van der Waals surface area (Å²) >= 11 is 0. The van der Waals surface area contributed by atoms with Gasteiger partial charge in [0.1, 0.15) is 5.75 Å². The van der Waals surface area contributed by atoms with Gasteiger partial charge in [-0.1, -0.05) is 19.1 Å². The highest BCUT2D eigenvalue weighted by Crippen LogP contribution is 2.23. The first-order valence-corrected chi connectivity index (χ1v) is 10.7. The van der Waals surface area contributed by atoms with Crippen molar-refractivity contribution in [2.45, 2.75) is 18.4 Å². The number of rotatable bonds is 7. The average Bonchev–Trinajstić information content (AvgIpc) is 2.72. The lowest BCUT2D eigenvalue weighted by Crippen LogP contribution is -2.48. The molecule has 0 saturated carbocycles. The normalized spacial score (nSPS) is 15.7. The third kappa shape index (κ3) is 4.61. The standard InChI is InChI=1S/C20H27N3O3S/c1-3-21-16-17-4-10-20(11-5-17)27(24,25)23-14-12-22(13-15-23)18-6-8-19(26-2)9-7-18/h4-11,21H,3,12-16H2,1-2H3. The maximum absolute atomic E-state index is 12.9. The molecule has 0 aromatic heterocycles. The molecule has 6 nitrogen and oxygen atoms in total. The van der Waals surface area contributed by atoms with Crippen LogP contribution in [0.1, 0.15) is 12.5 Å². The molecule has 0 amide bonds. The molecule has 0 aliphatic carbocycles. The van der Waals surface area contributed by atoms with E-state index in [1.54, 1.807) is 23.5 Å². The number of hydrogen-bond acceptors (Lipinski definition) is 5. The molecule has 1 aliphatic heterocycles. The molecular formula is C20H27N3O3S. The van der Waals surface area contributed by atoms with E-state index in [0.717, 1.165) is 30.1 Å². The maximum Gasteiger partial charge on any atom is 0.243 e. The quantitative estimate of drug-likeness (QED) is 0.787. The zero-order chi connectivity index (χ0) is 19.3. The SMILES string of the molecule is CCNCc1ccc(S(=O)(=O)N2CCN(c3ccc(OC)cc3)CC2)cc1. The third-order valence-corrected chi connectivity index (χ3v) is 6.73. The Labute approximate surface area is 161 Å². The van der Waals surface area contributed by atoms with Gasteiger partial charge in [-0.05, 0) is 48.5 Å². The zero-order valence-corrected chi connectivity index (χ0v) is 16.7. The van der Waals surface area contributed by atoms with Crippen molar-refractivity contribution in [2.24, 2.45) is 0 Å². The van der Waals surface area contributed by atoms with Crippen molar-refractivity contribution in [1.29, 1.82) is 0 Å². The van der Waals surface area contributed by atoms with Crippen molar-refractivity contribution in [3.05, 3.63) is 54.1 Å². The predicted octanol–water partition coefficient (Wildman–Crippen LogP) is 2.32. The van der Waals surface area contributed by atoms with Crippen LogP contribution in [-0.2, 0) is 16.6 Å². The Morgan fingerprint density at radius 2 is 1.59 bits per heavy atom. The van der Waals surface area contributed by atoms with E-state index in [-0.39, 0.29) is 0 Å². The molecule has 0 spiro atoms. The van der Waals surface area contributed by atoms with Gasteiger partial charge in [-0.2, -0.15) is 4.31 Å².